The molecule has 2 aromatic carbocycles. The summed E-state index contributed by atoms with van der Waals surface area (Å²) in [6, 6.07) is 15.0. The largest absolute Gasteiger partial charge is 0.480 e. The van der Waals surface area contributed by atoms with Gasteiger partial charge in [-0.1, -0.05) is 48.5 Å². The van der Waals surface area contributed by atoms with E-state index in [0.717, 1.165) is 33.5 Å². The third kappa shape index (κ3) is 4.17. The highest BCUT2D eigenvalue weighted by atomic mass is 16.5. The van der Waals surface area contributed by atoms with Crippen molar-refractivity contribution in [1.29, 1.82) is 0 Å². The number of amides is 1. The average molecular weight is 419 g/mol. The van der Waals surface area contributed by atoms with Crippen LogP contribution in [0.5, 0.6) is 0 Å². The predicted octanol–water partition coefficient (Wildman–Crippen LogP) is 3.75. The third-order valence-corrected chi connectivity index (χ3v) is 5.73. The van der Waals surface area contributed by atoms with Gasteiger partial charge in [-0.05, 0) is 41.7 Å². The summed E-state index contributed by atoms with van der Waals surface area (Å²) in [6.07, 6.45) is 1.21. The van der Waals surface area contributed by atoms with Crippen LogP contribution in [0.4, 0.5) is 4.79 Å². The van der Waals surface area contributed by atoms with E-state index in [0.29, 0.717) is 6.54 Å². The summed E-state index contributed by atoms with van der Waals surface area (Å²) in [7, 11) is 0. The Hall–Kier alpha value is -3.61. The maximum atomic E-state index is 12.5. The Kier molecular flexibility index (Phi) is 5.75. The van der Waals surface area contributed by atoms with Crippen LogP contribution in [0.25, 0.3) is 11.1 Å². The lowest BCUT2D eigenvalue weighted by atomic mass is 9.98. The van der Waals surface area contributed by atoms with Crippen LogP contribution in [0.2, 0.25) is 0 Å². The number of hydrogen-bond acceptors (Lipinski definition) is 4. The maximum Gasteiger partial charge on any atom is 0.407 e. The number of carbonyl (C=O) groups excluding carboxylic acids is 1. The summed E-state index contributed by atoms with van der Waals surface area (Å²) in [4.78, 5) is 24.2. The van der Waals surface area contributed by atoms with Crippen molar-refractivity contribution in [2.45, 2.75) is 38.8 Å². The zero-order valence-corrected chi connectivity index (χ0v) is 17.5. The lowest BCUT2D eigenvalue weighted by Crippen LogP contribution is -2.43. The number of aryl methyl sites for hydroxylation is 2. The predicted molar refractivity (Wildman–Crippen MR) is 116 cm³/mol. The second kappa shape index (κ2) is 8.63. The van der Waals surface area contributed by atoms with Crippen molar-refractivity contribution in [1.82, 2.24) is 15.1 Å². The number of carbonyl (C=O) groups is 2. The van der Waals surface area contributed by atoms with Crippen LogP contribution >= 0.6 is 0 Å². The van der Waals surface area contributed by atoms with Crippen molar-refractivity contribution < 1.29 is 19.4 Å². The van der Waals surface area contributed by atoms with Crippen molar-refractivity contribution in [2.75, 3.05) is 6.61 Å². The summed E-state index contributed by atoms with van der Waals surface area (Å²) < 4.78 is 7.23. The van der Waals surface area contributed by atoms with Gasteiger partial charge in [-0.3, -0.25) is 4.68 Å². The van der Waals surface area contributed by atoms with E-state index in [9.17, 15) is 14.7 Å². The molecule has 7 nitrogen and oxygen atoms in total. The molecule has 7 heteroatoms. The van der Waals surface area contributed by atoms with Gasteiger partial charge in [-0.15, -0.1) is 0 Å². The topological polar surface area (TPSA) is 93.5 Å². The van der Waals surface area contributed by atoms with E-state index in [2.05, 4.69) is 22.5 Å². The molecule has 2 N–H and O–H groups in total. The van der Waals surface area contributed by atoms with E-state index in [1.165, 1.54) is 0 Å². The van der Waals surface area contributed by atoms with E-state index < -0.39 is 18.1 Å². The molecular weight excluding hydrogens is 394 g/mol. The average Bonchev–Trinajstić information content (AvgIpc) is 3.29. The van der Waals surface area contributed by atoms with Gasteiger partial charge in [0.2, 0.25) is 0 Å². The number of carboxylic acid groups (broad SMARTS) is 1. The molecule has 1 aliphatic rings. The summed E-state index contributed by atoms with van der Waals surface area (Å²) >= 11 is 0. The quantitative estimate of drug-likeness (QED) is 0.608. The zero-order chi connectivity index (χ0) is 22.0. The molecule has 1 aromatic heterocycles. The minimum Gasteiger partial charge on any atom is -0.480 e. The molecule has 1 unspecified atom stereocenters. The SMILES string of the molecule is CCn1cc(CC(NC(=O)OCC2c3ccccc3-c3ccccc32)C(=O)O)c(C)n1. The maximum absolute atomic E-state index is 12.5. The van der Waals surface area contributed by atoms with Gasteiger partial charge in [0.15, 0.2) is 0 Å². The first-order valence-electron chi connectivity index (χ1n) is 10.3. The summed E-state index contributed by atoms with van der Waals surface area (Å²) in [5.41, 5.74) is 6.02. The van der Waals surface area contributed by atoms with E-state index in [1.807, 2.05) is 56.4 Å². The summed E-state index contributed by atoms with van der Waals surface area (Å²) in [6.45, 7) is 4.62. The number of alkyl carbamates (subject to hydrolysis) is 1. The second-order valence-electron chi connectivity index (χ2n) is 7.66. The van der Waals surface area contributed by atoms with Gasteiger partial charge in [-0.2, -0.15) is 5.10 Å². The van der Waals surface area contributed by atoms with Crippen molar-refractivity contribution in [3.8, 4) is 11.1 Å². The summed E-state index contributed by atoms with van der Waals surface area (Å²) in [5.74, 6) is -1.19. The number of carboxylic acids is 1. The van der Waals surface area contributed by atoms with Crippen LogP contribution in [0, 0.1) is 6.92 Å². The molecule has 0 radical (unpaired) electrons. The van der Waals surface area contributed by atoms with Crippen LogP contribution in [0.1, 0.15) is 35.2 Å². The fourth-order valence-corrected chi connectivity index (χ4v) is 4.12. The third-order valence-electron chi connectivity index (χ3n) is 5.73. The molecular formula is C24H25N3O4. The molecule has 0 saturated heterocycles. The van der Waals surface area contributed by atoms with Crippen LogP contribution in [0.3, 0.4) is 0 Å². The van der Waals surface area contributed by atoms with Gasteiger partial charge in [0.25, 0.3) is 0 Å². The Balaban J connectivity index is 1.43. The van der Waals surface area contributed by atoms with E-state index >= 15 is 0 Å². The molecule has 0 saturated carbocycles. The molecule has 4 rings (SSSR count). The molecule has 31 heavy (non-hydrogen) atoms. The van der Waals surface area contributed by atoms with Gasteiger partial charge in [-0.25, -0.2) is 9.59 Å². The van der Waals surface area contributed by atoms with Crippen LogP contribution in [-0.4, -0.2) is 39.6 Å². The number of nitrogens with one attached hydrogen (secondary N) is 1. The normalized spacial score (nSPS) is 13.4. The smallest absolute Gasteiger partial charge is 0.407 e. The number of rotatable bonds is 7. The van der Waals surface area contributed by atoms with Crippen molar-refractivity contribution >= 4 is 12.1 Å². The van der Waals surface area contributed by atoms with Crippen LogP contribution in [0.15, 0.2) is 54.7 Å². The highest BCUT2D eigenvalue weighted by Gasteiger charge is 2.30. The van der Waals surface area contributed by atoms with Gasteiger partial charge in [0.1, 0.15) is 12.6 Å². The monoisotopic (exact) mass is 419 g/mol. The number of nitrogens with zero attached hydrogens (tertiary/aromatic N) is 2. The molecule has 0 spiro atoms. The molecule has 0 fully saturated rings. The molecule has 1 aliphatic carbocycles. The fraction of sp³-hybridized carbons (Fsp3) is 0.292. The number of aromatic nitrogens is 2. The van der Waals surface area contributed by atoms with Crippen molar-refractivity contribution in [3.05, 3.63) is 77.1 Å². The summed E-state index contributed by atoms with van der Waals surface area (Å²) in [5, 5.41) is 16.4. The number of hydrogen-bond donors (Lipinski definition) is 2. The van der Waals surface area contributed by atoms with E-state index in [1.54, 1.807) is 4.68 Å². The van der Waals surface area contributed by atoms with Crippen LogP contribution < -0.4 is 5.32 Å². The highest BCUT2D eigenvalue weighted by Crippen LogP contribution is 2.44. The standard InChI is InChI=1S/C24H25N3O4/c1-3-27-13-16(15(2)26-27)12-22(23(28)29)25-24(30)31-14-21-19-10-6-4-8-17(19)18-9-5-7-11-20(18)21/h4-11,13,21-22H,3,12,14H2,1-2H3,(H,25,30)(H,28,29). The first-order valence-corrected chi connectivity index (χ1v) is 10.3. The number of benzene rings is 2. The van der Waals surface area contributed by atoms with Gasteiger partial charge >= 0.3 is 12.1 Å². The number of ether oxygens (including phenoxy) is 1. The first-order chi connectivity index (χ1) is 15.0. The lowest BCUT2D eigenvalue weighted by molar-refractivity contribution is -0.139. The lowest BCUT2D eigenvalue weighted by Gasteiger charge is -2.17. The Bertz CT molecular complexity index is 1080. The minimum absolute atomic E-state index is 0.0774. The number of aliphatic carboxylic acids is 1. The Morgan fingerprint density at radius 1 is 1.13 bits per heavy atom. The zero-order valence-electron chi connectivity index (χ0n) is 17.5. The molecule has 3 aromatic rings. The van der Waals surface area contributed by atoms with E-state index in [-0.39, 0.29) is 18.9 Å². The Labute approximate surface area is 180 Å². The van der Waals surface area contributed by atoms with Crippen molar-refractivity contribution in [2.24, 2.45) is 0 Å². The molecule has 1 amide bonds. The Morgan fingerprint density at radius 3 is 2.29 bits per heavy atom. The number of fused-ring (bicyclic) bond motifs is 3. The van der Waals surface area contributed by atoms with Gasteiger partial charge in [0, 0.05) is 25.1 Å². The second-order valence-corrected chi connectivity index (χ2v) is 7.66. The van der Waals surface area contributed by atoms with Crippen LogP contribution in [-0.2, 0) is 22.5 Å². The highest BCUT2D eigenvalue weighted by molar-refractivity contribution is 5.81. The van der Waals surface area contributed by atoms with Gasteiger partial charge < -0.3 is 15.2 Å². The fourth-order valence-electron chi connectivity index (χ4n) is 4.12. The van der Waals surface area contributed by atoms with Crippen molar-refractivity contribution in [3.63, 3.8) is 0 Å². The molecule has 0 aliphatic heterocycles. The molecule has 1 atom stereocenters. The Morgan fingerprint density at radius 2 is 1.74 bits per heavy atom. The minimum atomic E-state index is -1.11. The van der Waals surface area contributed by atoms with E-state index in [4.69, 9.17) is 4.74 Å². The molecule has 1 heterocycles. The molecule has 160 valence electrons. The first kappa shape index (κ1) is 20.7. The molecule has 0 bridgehead atoms. The van der Waals surface area contributed by atoms with Gasteiger partial charge in [0.05, 0.1) is 5.69 Å².